The second-order valence-corrected chi connectivity index (χ2v) is 6.24. The molecular weight excluding hydrogens is 296 g/mol. The number of benzene rings is 1. The summed E-state index contributed by atoms with van der Waals surface area (Å²) in [5.41, 5.74) is 0.199. The third kappa shape index (κ3) is 3.47. The van der Waals surface area contributed by atoms with E-state index in [9.17, 15) is 9.59 Å². The van der Waals surface area contributed by atoms with Crippen LogP contribution in [0, 0.1) is 0 Å². The van der Waals surface area contributed by atoms with Crippen molar-refractivity contribution in [1.82, 2.24) is 10.6 Å². The highest BCUT2D eigenvalue weighted by Gasteiger charge is 2.40. The Morgan fingerprint density at radius 3 is 2.87 bits per heavy atom. The van der Waals surface area contributed by atoms with Crippen LogP contribution in [0.5, 0.6) is 5.75 Å². The van der Waals surface area contributed by atoms with Crippen molar-refractivity contribution in [3.63, 3.8) is 0 Å². The third-order valence-corrected chi connectivity index (χ3v) is 4.57. The highest BCUT2D eigenvalue weighted by Crippen LogP contribution is 2.36. The molecule has 1 fully saturated rings. The standard InChI is InChI=1S/C17H22N2O4/c1-22-10-15(20)19-12-6-8-17(9-7-12)11-18-16(21)13-4-2-3-5-14(13)23-17/h2-5,12H,6-11H2,1H3,(H,18,21)(H,19,20). The fourth-order valence-electron chi connectivity index (χ4n) is 3.32. The minimum absolute atomic E-state index is 0.0849. The first-order valence-electron chi connectivity index (χ1n) is 7.96. The van der Waals surface area contributed by atoms with Crippen molar-refractivity contribution < 1.29 is 19.1 Å². The van der Waals surface area contributed by atoms with E-state index in [-0.39, 0.29) is 30.1 Å². The molecule has 1 spiro atoms. The van der Waals surface area contributed by atoms with E-state index in [2.05, 4.69) is 10.6 Å². The minimum atomic E-state index is -0.384. The Labute approximate surface area is 135 Å². The summed E-state index contributed by atoms with van der Waals surface area (Å²) in [5.74, 6) is 0.464. The lowest BCUT2D eigenvalue weighted by atomic mass is 9.81. The Hall–Kier alpha value is -2.08. The second-order valence-electron chi connectivity index (χ2n) is 6.24. The Bertz CT molecular complexity index is 594. The SMILES string of the molecule is COCC(=O)NC1CCC2(CC1)CNC(=O)c1ccccc1O2. The van der Waals surface area contributed by atoms with Crippen molar-refractivity contribution >= 4 is 11.8 Å². The van der Waals surface area contributed by atoms with Crippen LogP contribution in [-0.4, -0.2) is 43.7 Å². The van der Waals surface area contributed by atoms with Gasteiger partial charge in [0, 0.05) is 13.2 Å². The third-order valence-electron chi connectivity index (χ3n) is 4.57. The highest BCUT2D eigenvalue weighted by molar-refractivity contribution is 5.97. The van der Waals surface area contributed by atoms with Gasteiger partial charge in [0.1, 0.15) is 18.0 Å². The van der Waals surface area contributed by atoms with E-state index < -0.39 is 0 Å². The van der Waals surface area contributed by atoms with Crippen molar-refractivity contribution in [2.45, 2.75) is 37.3 Å². The lowest BCUT2D eigenvalue weighted by Gasteiger charge is -2.39. The summed E-state index contributed by atoms with van der Waals surface area (Å²) in [6.45, 7) is 0.584. The smallest absolute Gasteiger partial charge is 0.255 e. The number of carbonyl (C=O) groups excluding carboxylic acids is 2. The molecule has 1 heterocycles. The van der Waals surface area contributed by atoms with Crippen LogP contribution in [-0.2, 0) is 9.53 Å². The second kappa shape index (κ2) is 6.58. The molecule has 0 radical (unpaired) electrons. The maximum absolute atomic E-state index is 12.2. The number of hydrogen-bond acceptors (Lipinski definition) is 4. The number of ether oxygens (including phenoxy) is 2. The van der Waals surface area contributed by atoms with E-state index in [0.29, 0.717) is 17.9 Å². The van der Waals surface area contributed by atoms with Crippen molar-refractivity contribution in [3.8, 4) is 5.75 Å². The van der Waals surface area contributed by atoms with Crippen LogP contribution in [0.3, 0.4) is 0 Å². The fraction of sp³-hybridized carbons (Fsp3) is 0.529. The maximum Gasteiger partial charge on any atom is 0.255 e. The van der Waals surface area contributed by atoms with Gasteiger partial charge in [-0.2, -0.15) is 0 Å². The molecule has 6 heteroatoms. The first kappa shape index (κ1) is 15.8. The number of methoxy groups -OCH3 is 1. The van der Waals surface area contributed by atoms with Gasteiger partial charge in [-0.15, -0.1) is 0 Å². The number of nitrogens with one attached hydrogen (secondary N) is 2. The first-order valence-corrected chi connectivity index (χ1v) is 7.96. The molecule has 1 aromatic rings. The van der Waals surface area contributed by atoms with Gasteiger partial charge in [-0.1, -0.05) is 12.1 Å². The number of para-hydroxylation sites is 1. The molecule has 1 aromatic carbocycles. The van der Waals surface area contributed by atoms with Gasteiger partial charge in [-0.05, 0) is 37.8 Å². The van der Waals surface area contributed by atoms with Crippen LogP contribution in [0.4, 0.5) is 0 Å². The molecule has 0 bridgehead atoms. The number of carbonyl (C=O) groups is 2. The van der Waals surface area contributed by atoms with E-state index in [4.69, 9.17) is 9.47 Å². The number of hydrogen-bond donors (Lipinski definition) is 2. The molecule has 0 atom stereocenters. The lowest BCUT2D eigenvalue weighted by molar-refractivity contribution is -0.126. The topological polar surface area (TPSA) is 76.7 Å². The molecule has 2 aliphatic rings. The minimum Gasteiger partial charge on any atom is -0.485 e. The average Bonchev–Trinajstić information content (AvgIpc) is 2.68. The van der Waals surface area contributed by atoms with Crippen LogP contribution in [0.1, 0.15) is 36.0 Å². The molecule has 0 saturated heterocycles. The Morgan fingerprint density at radius 1 is 1.39 bits per heavy atom. The van der Waals surface area contributed by atoms with Crippen LogP contribution in [0.15, 0.2) is 24.3 Å². The molecule has 23 heavy (non-hydrogen) atoms. The monoisotopic (exact) mass is 318 g/mol. The van der Waals surface area contributed by atoms with Crippen LogP contribution >= 0.6 is 0 Å². The fourth-order valence-corrected chi connectivity index (χ4v) is 3.32. The largest absolute Gasteiger partial charge is 0.485 e. The van der Waals surface area contributed by atoms with Crippen LogP contribution < -0.4 is 15.4 Å². The summed E-state index contributed by atoms with van der Waals surface area (Å²) < 4.78 is 11.1. The van der Waals surface area contributed by atoms with Gasteiger partial charge < -0.3 is 20.1 Å². The van der Waals surface area contributed by atoms with E-state index in [0.717, 1.165) is 25.7 Å². The average molecular weight is 318 g/mol. The van der Waals surface area contributed by atoms with Crippen molar-refractivity contribution in [3.05, 3.63) is 29.8 Å². The molecule has 1 aliphatic heterocycles. The molecule has 2 N–H and O–H groups in total. The van der Waals surface area contributed by atoms with Crippen molar-refractivity contribution in [2.75, 3.05) is 20.3 Å². The number of rotatable bonds is 3. The van der Waals surface area contributed by atoms with Gasteiger partial charge >= 0.3 is 0 Å². The van der Waals surface area contributed by atoms with Gasteiger partial charge in [0.15, 0.2) is 0 Å². The van der Waals surface area contributed by atoms with E-state index in [1.165, 1.54) is 7.11 Å². The molecule has 124 valence electrons. The van der Waals surface area contributed by atoms with Gasteiger partial charge in [0.2, 0.25) is 5.91 Å². The summed E-state index contributed by atoms with van der Waals surface area (Å²) in [4.78, 5) is 23.8. The zero-order chi connectivity index (χ0) is 16.3. The quantitative estimate of drug-likeness (QED) is 0.879. The van der Waals surface area contributed by atoms with Crippen molar-refractivity contribution in [2.24, 2.45) is 0 Å². The molecule has 2 amide bonds. The predicted octanol–water partition coefficient (Wildman–Crippen LogP) is 1.25. The normalized spacial score (nSPS) is 26.7. The van der Waals surface area contributed by atoms with Crippen LogP contribution in [0.2, 0.25) is 0 Å². The number of fused-ring (bicyclic) bond motifs is 1. The summed E-state index contributed by atoms with van der Waals surface area (Å²) in [7, 11) is 1.51. The van der Waals surface area contributed by atoms with Gasteiger partial charge in [0.25, 0.3) is 5.91 Å². The number of amides is 2. The summed E-state index contributed by atoms with van der Waals surface area (Å²) in [6, 6.07) is 7.47. The molecule has 3 rings (SSSR count). The molecule has 6 nitrogen and oxygen atoms in total. The predicted molar refractivity (Wildman–Crippen MR) is 84.4 cm³/mol. The molecule has 1 saturated carbocycles. The first-order chi connectivity index (χ1) is 11.1. The molecule has 0 aromatic heterocycles. The molecule has 1 aliphatic carbocycles. The zero-order valence-corrected chi connectivity index (χ0v) is 13.3. The maximum atomic E-state index is 12.2. The Kier molecular flexibility index (Phi) is 4.52. The molecule has 0 unspecified atom stereocenters. The lowest BCUT2D eigenvalue weighted by Crippen LogP contribution is -2.51. The summed E-state index contributed by atoms with van der Waals surface area (Å²) in [6.07, 6.45) is 3.24. The Balaban J connectivity index is 1.66. The highest BCUT2D eigenvalue weighted by atomic mass is 16.5. The van der Waals surface area contributed by atoms with E-state index >= 15 is 0 Å². The van der Waals surface area contributed by atoms with Gasteiger partial charge in [-0.3, -0.25) is 9.59 Å². The summed E-state index contributed by atoms with van der Waals surface area (Å²) in [5, 5.41) is 5.94. The van der Waals surface area contributed by atoms with Crippen molar-refractivity contribution in [1.29, 1.82) is 0 Å². The Morgan fingerprint density at radius 2 is 2.13 bits per heavy atom. The zero-order valence-electron chi connectivity index (χ0n) is 13.3. The van der Waals surface area contributed by atoms with E-state index in [1.807, 2.05) is 18.2 Å². The van der Waals surface area contributed by atoms with Gasteiger partial charge in [0.05, 0.1) is 12.1 Å². The summed E-state index contributed by atoms with van der Waals surface area (Å²) >= 11 is 0. The molecular formula is C17H22N2O4. The van der Waals surface area contributed by atoms with Gasteiger partial charge in [-0.25, -0.2) is 0 Å². The van der Waals surface area contributed by atoms with E-state index in [1.54, 1.807) is 6.07 Å². The van der Waals surface area contributed by atoms with Crippen LogP contribution in [0.25, 0.3) is 0 Å².